The number of nitrogens with zero attached hydrogens (tertiary/aromatic N) is 1. The van der Waals surface area contributed by atoms with Crippen LogP contribution in [0.3, 0.4) is 0 Å². The molecule has 0 atom stereocenters. The van der Waals surface area contributed by atoms with Gasteiger partial charge in [-0.1, -0.05) is 30.3 Å². The summed E-state index contributed by atoms with van der Waals surface area (Å²) in [5.74, 6) is 0.190. The van der Waals surface area contributed by atoms with Crippen molar-refractivity contribution in [3.63, 3.8) is 0 Å². The van der Waals surface area contributed by atoms with E-state index in [9.17, 15) is 4.79 Å². The zero-order valence-electron chi connectivity index (χ0n) is 11.8. The van der Waals surface area contributed by atoms with Gasteiger partial charge in [-0.2, -0.15) is 0 Å². The second-order valence-electron chi connectivity index (χ2n) is 6.01. The fourth-order valence-corrected chi connectivity index (χ4v) is 3.55. The summed E-state index contributed by atoms with van der Waals surface area (Å²) in [6.07, 6.45) is 5.59. The summed E-state index contributed by atoms with van der Waals surface area (Å²) in [6, 6.07) is 8.50. The second kappa shape index (κ2) is 4.61. The van der Waals surface area contributed by atoms with Gasteiger partial charge >= 0.3 is 0 Å². The standard InChI is InChI=1S/C17H21NO/c1-13(19)14-7-8-17(9-11-18(2)12-10-17)16-6-4-3-5-15(14)16/h3-7H,8-12H2,1-2H3. The first-order chi connectivity index (χ1) is 9.12. The van der Waals surface area contributed by atoms with Crippen molar-refractivity contribution in [2.45, 2.75) is 31.6 Å². The third-order valence-electron chi connectivity index (χ3n) is 4.81. The summed E-state index contributed by atoms with van der Waals surface area (Å²) < 4.78 is 0. The van der Waals surface area contributed by atoms with Crippen LogP contribution in [-0.2, 0) is 10.2 Å². The van der Waals surface area contributed by atoms with Crippen LogP contribution in [0.15, 0.2) is 30.3 Å². The van der Waals surface area contributed by atoms with Crippen LogP contribution in [0.1, 0.15) is 37.3 Å². The number of benzene rings is 1. The fraction of sp³-hybridized carbons (Fsp3) is 0.471. The summed E-state index contributed by atoms with van der Waals surface area (Å²) in [6.45, 7) is 3.98. The molecule has 0 N–H and O–H groups in total. The second-order valence-corrected chi connectivity index (χ2v) is 6.01. The van der Waals surface area contributed by atoms with Gasteiger partial charge in [0.2, 0.25) is 0 Å². The molecule has 1 aliphatic carbocycles. The number of carbonyl (C=O) groups is 1. The lowest BCUT2D eigenvalue weighted by molar-refractivity contribution is -0.111. The molecule has 2 heteroatoms. The predicted octanol–water partition coefficient (Wildman–Crippen LogP) is 3.03. The zero-order valence-corrected chi connectivity index (χ0v) is 11.8. The minimum atomic E-state index is 0.190. The molecular formula is C17H21NO. The smallest absolute Gasteiger partial charge is 0.160 e. The Balaban J connectivity index is 2.06. The number of Topliss-reactive ketones (excluding diaryl/α,β-unsaturated/α-hetero) is 1. The van der Waals surface area contributed by atoms with Crippen molar-refractivity contribution in [3.05, 3.63) is 41.5 Å². The topological polar surface area (TPSA) is 20.3 Å². The number of likely N-dealkylation sites (tertiary alicyclic amines) is 1. The van der Waals surface area contributed by atoms with Crippen molar-refractivity contribution < 1.29 is 4.79 Å². The van der Waals surface area contributed by atoms with Crippen molar-refractivity contribution in [2.75, 3.05) is 20.1 Å². The molecule has 0 aromatic heterocycles. The number of piperidine rings is 1. The van der Waals surface area contributed by atoms with E-state index in [-0.39, 0.29) is 11.2 Å². The molecule has 0 amide bonds. The van der Waals surface area contributed by atoms with E-state index in [1.165, 1.54) is 24.0 Å². The van der Waals surface area contributed by atoms with Gasteiger partial charge in [0.15, 0.2) is 5.78 Å². The molecule has 2 aliphatic rings. The van der Waals surface area contributed by atoms with Gasteiger partial charge in [-0.3, -0.25) is 4.79 Å². The van der Waals surface area contributed by atoms with Crippen molar-refractivity contribution in [2.24, 2.45) is 0 Å². The highest BCUT2D eigenvalue weighted by molar-refractivity contribution is 6.20. The van der Waals surface area contributed by atoms with Crippen LogP contribution in [0, 0.1) is 0 Å². The molecule has 1 fully saturated rings. The van der Waals surface area contributed by atoms with Crippen LogP contribution in [0.25, 0.3) is 5.57 Å². The quantitative estimate of drug-likeness (QED) is 0.769. The fourth-order valence-electron chi connectivity index (χ4n) is 3.55. The van der Waals surface area contributed by atoms with E-state index in [1.54, 1.807) is 6.92 Å². The van der Waals surface area contributed by atoms with Crippen LogP contribution in [0.2, 0.25) is 0 Å². The van der Waals surface area contributed by atoms with Crippen molar-refractivity contribution >= 4 is 11.4 Å². The highest BCUT2D eigenvalue weighted by Crippen LogP contribution is 2.45. The van der Waals surface area contributed by atoms with Crippen LogP contribution >= 0.6 is 0 Å². The number of allylic oxidation sites excluding steroid dienone is 2. The van der Waals surface area contributed by atoms with E-state index in [2.05, 4.69) is 36.2 Å². The molecule has 1 spiro atoms. The van der Waals surface area contributed by atoms with Gasteiger partial charge < -0.3 is 4.90 Å². The Morgan fingerprint density at radius 2 is 1.89 bits per heavy atom. The highest BCUT2D eigenvalue weighted by Gasteiger charge is 2.39. The van der Waals surface area contributed by atoms with Crippen LogP contribution in [-0.4, -0.2) is 30.8 Å². The molecule has 0 saturated carbocycles. The maximum atomic E-state index is 11.8. The van der Waals surface area contributed by atoms with Gasteiger partial charge in [-0.05, 0) is 57.5 Å². The number of hydrogen-bond donors (Lipinski definition) is 0. The summed E-state index contributed by atoms with van der Waals surface area (Å²) in [5.41, 5.74) is 3.75. The summed E-state index contributed by atoms with van der Waals surface area (Å²) in [7, 11) is 2.19. The molecule has 2 nitrogen and oxygen atoms in total. The Morgan fingerprint density at radius 3 is 2.58 bits per heavy atom. The van der Waals surface area contributed by atoms with E-state index in [0.717, 1.165) is 25.1 Å². The molecule has 1 saturated heterocycles. The van der Waals surface area contributed by atoms with Crippen LogP contribution < -0.4 is 0 Å². The minimum Gasteiger partial charge on any atom is -0.306 e. The van der Waals surface area contributed by atoms with E-state index in [0.29, 0.717) is 0 Å². The van der Waals surface area contributed by atoms with E-state index in [1.807, 2.05) is 6.07 Å². The van der Waals surface area contributed by atoms with Gasteiger partial charge in [0.1, 0.15) is 0 Å². The third-order valence-corrected chi connectivity index (χ3v) is 4.81. The number of rotatable bonds is 1. The van der Waals surface area contributed by atoms with Gasteiger partial charge in [0.25, 0.3) is 0 Å². The highest BCUT2D eigenvalue weighted by atomic mass is 16.1. The lowest BCUT2D eigenvalue weighted by atomic mass is 9.65. The first-order valence-corrected chi connectivity index (χ1v) is 7.12. The number of carbonyl (C=O) groups excluding carboxylic acids is 1. The molecule has 0 radical (unpaired) electrons. The Kier molecular flexibility index (Phi) is 3.06. The Bertz CT molecular complexity index is 536. The lowest BCUT2D eigenvalue weighted by Gasteiger charge is -2.43. The third kappa shape index (κ3) is 2.04. The molecule has 1 aliphatic heterocycles. The van der Waals surface area contributed by atoms with Gasteiger partial charge in [0, 0.05) is 11.0 Å². The average Bonchev–Trinajstić information content (AvgIpc) is 2.42. The molecule has 1 heterocycles. The van der Waals surface area contributed by atoms with Gasteiger partial charge in [-0.25, -0.2) is 0 Å². The SMILES string of the molecule is CC(=O)C1=CCC2(CCN(C)CC2)c2ccccc21. The Morgan fingerprint density at radius 1 is 1.21 bits per heavy atom. The van der Waals surface area contributed by atoms with Crippen molar-refractivity contribution in [1.29, 1.82) is 0 Å². The molecule has 19 heavy (non-hydrogen) atoms. The molecule has 100 valence electrons. The molecule has 0 unspecified atom stereocenters. The van der Waals surface area contributed by atoms with Crippen molar-refractivity contribution in [1.82, 2.24) is 4.90 Å². The van der Waals surface area contributed by atoms with Crippen LogP contribution in [0.5, 0.6) is 0 Å². The predicted molar refractivity (Wildman–Crippen MR) is 78.1 cm³/mol. The Hall–Kier alpha value is -1.41. The molecule has 3 rings (SSSR count). The van der Waals surface area contributed by atoms with E-state index in [4.69, 9.17) is 0 Å². The monoisotopic (exact) mass is 255 g/mol. The zero-order chi connectivity index (χ0) is 13.5. The summed E-state index contributed by atoms with van der Waals surface area (Å²) >= 11 is 0. The number of fused-ring (bicyclic) bond motifs is 2. The van der Waals surface area contributed by atoms with Gasteiger partial charge in [0.05, 0.1) is 0 Å². The number of ketones is 1. The first kappa shape index (κ1) is 12.6. The Labute approximate surface area is 115 Å². The van der Waals surface area contributed by atoms with E-state index >= 15 is 0 Å². The minimum absolute atomic E-state index is 0.190. The lowest BCUT2D eigenvalue weighted by Crippen LogP contribution is -2.42. The molecular weight excluding hydrogens is 234 g/mol. The summed E-state index contributed by atoms with van der Waals surface area (Å²) in [4.78, 5) is 14.2. The number of hydrogen-bond acceptors (Lipinski definition) is 2. The van der Waals surface area contributed by atoms with E-state index < -0.39 is 0 Å². The first-order valence-electron chi connectivity index (χ1n) is 7.12. The van der Waals surface area contributed by atoms with Crippen LogP contribution in [0.4, 0.5) is 0 Å². The maximum absolute atomic E-state index is 11.8. The normalized spacial score (nSPS) is 21.9. The maximum Gasteiger partial charge on any atom is 0.160 e. The molecule has 0 bridgehead atoms. The summed E-state index contributed by atoms with van der Waals surface area (Å²) in [5, 5.41) is 0. The average molecular weight is 255 g/mol. The largest absolute Gasteiger partial charge is 0.306 e. The van der Waals surface area contributed by atoms with Gasteiger partial charge in [-0.15, -0.1) is 0 Å². The molecule has 1 aromatic rings. The molecule has 1 aromatic carbocycles. The van der Waals surface area contributed by atoms with Crippen molar-refractivity contribution in [3.8, 4) is 0 Å².